The molecule has 1 aliphatic carbocycles. The molecule has 1 spiro atoms. The van der Waals surface area contributed by atoms with Crippen LogP contribution >= 0.6 is 0 Å². The topological polar surface area (TPSA) is 98.7 Å². The lowest BCUT2D eigenvalue weighted by Gasteiger charge is -2.49. The maximum absolute atomic E-state index is 14.0. The minimum atomic E-state index is -0.867. The van der Waals surface area contributed by atoms with Crippen LogP contribution in [-0.2, 0) is 54.9 Å². The van der Waals surface area contributed by atoms with Gasteiger partial charge in [0.25, 0.3) is 0 Å². The maximum Gasteiger partial charge on any atom is 0.241 e. The molecule has 0 bridgehead atoms. The van der Waals surface area contributed by atoms with E-state index in [9.17, 15) is 9.90 Å². The van der Waals surface area contributed by atoms with Crippen molar-refractivity contribution in [3.63, 3.8) is 0 Å². The molecule has 4 aromatic rings. The van der Waals surface area contributed by atoms with Gasteiger partial charge < -0.3 is 33.7 Å². The average molecular weight is 805 g/mol. The Morgan fingerprint density at radius 1 is 0.695 bits per heavy atom. The van der Waals surface area contributed by atoms with E-state index in [4.69, 9.17) is 23.7 Å². The predicted molar refractivity (Wildman–Crippen MR) is 229 cm³/mol. The van der Waals surface area contributed by atoms with Crippen LogP contribution in [0.4, 0.5) is 0 Å². The van der Waals surface area contributed by atoms with Crippen molar-refractivity contribution < 1.29 is 33.6 Å². The molecule has 9 heteroatoms. The number of carbonyl (C=O) groups excluding carboxylic acids is 1. The van der Waals surface area contributed by atoms with Gasteiger partial charge in [0.05, 0.1) is 56.9 Å². The van der Waals surface area contributed by atoms with Crippen molar-refractivity contribution in [1.29, 1.82) is 0 Å². The third-order valence-electron chi connectivity index (χ3n) is 12.7. The summed E-state index contributed by atoms with van der Waals surface area (Å²) in [5.41, 5.74) is 3.70. The molecule has 3 aliphatic rings. The van der Waals surface area contributed by atoms with E-state index in [-0.39, 0.29) is 25.4 Å². The summed E-state index contributed by atoms with van der Waals surface area (Å²) < 4.78 is 34.0. The molecular weight excluding hydrogens is 741 g/mol. The second-order valence-corrected chi connectivity index (χ2v) is 17.4. The van der Waals surface area contributed by atoms with E-state index in [1.807, 2.05) is 133 Å². The first-order valence-corrected chi connectivity index (χ1v) is 21.7. The Hall–Kier alpha value is -3.93. The monoisotopic (exact) mass is 804 g/mol. The molecule has 4 aromatic carbocycles. The van der Waals surface area contributed by atoms with Crippen molar-refractivity contribution in [2.45, 2.75) is 128 Å². The second kappa shape index (κ2) is 20.6. The smallest absolute Gasteiger partial charge is 0.241 e. The summed E-state index contributed by atoms with van der Waals surface area (Å²) in [5.74, 6) is 1.29. The number of ether oxygens (including phenoxy) is 5. The number of nitrogens with one attached hydrogen (secondary N) is 1. The van der Waals surface area contributed by atoms with Gasteiger partial charge in [0, 0.05) is 13.5 Å². The van der Waals surface area contributed by atoms with Crippen LogP contribution in [0, 0.1) is 17.8 Å². The van der Waals surface area contributed by atoms with Gasteiger partial charge in [-0.05, 0) is 59.3 Å². The fraction of sp³-hybridized carbons (Fsp3) is 0.500. The number of benzene rings is 4. The highest BCUT2D eigenvalue weighted by Crippen LogP contribution is 2.46. The van der Waals surface area contributed by atoms with Crippen LogP contribution in [-0.4, -0.2) is 77.9 Å². The third kappa shape index (κ3) is 10.9. The standard InChI is InChI=1S/C50H64N2O7/c1-35(2)42-26-25-36(3)29-50(42)51-43(49(54)52(50)4)27-41(53)28-44-46(56-31-38-19-11-6-12-20-38)48(58-33-40-23-15-8-16-24-40)47(57-32-39-21-13-7-14-22-39)45(59-44)34-55-30-37-17-9-5-10-18-37/h5-24,35-36,41-48,51,53H,25-34H2,1-4H3/t36-,41+,42+,43-,44-,45-,46-,47-,48-,50+/m1/s1. The van der Waals surface area contributed by atoms with Gasteiger partial charge in [-0.1, -0.05) is 149 Å². The van der Waals surface area contributed by atoms with Crippen LogP contribution in [0.2, 0.25) is 0 Å². The van der Waals surface area contributed by atoms with E-state index >= 15 is 0 Å². The summed E-state index contributed by atoms with van der Waals surface area (Å²) >= 11 is 0. The van der Waals surface area contributed by atoms with Crippen LogP contribution in [0.3, 0.4) is 0 Å². The van der Waals surface area contributed by atoms with E-state index in [0.29, 0.717) is 44.2 Å². The van der Waals surface area contributed by atoms with Crippen LogP contribution in [0.25, 0.3) is 0 Å². The first-order chi connectivity index (χ1) is 28.7. The number of nitrogens with zero attached hydrogens (tertiary/aromatic N) is 1. The van der Waals surface area contributed by atoms with Crippen molar-refractivity contribution in [3.8, 4) is 0 Å². The van der Waals surface area contributed by atoms with Crippen molar-refractivity contribution in [2.24, 2.45) is 17.8 Å². The van der Waals surface area contributed by atoms with Crippen molar-refractivity contribution in [2.75, 3.05) is 13.7 Å². The fourth-order valence-corrected chi connectivity index (χ4v) is 9.69. The predicted octanol–water partition coefficient (Wildman–Crippen LogP) is 8.09. The molecule has 0 unspecified atom stereocenters. The first kappa shape index (κ1) is 43.2. The quantitative estimate of drug-likeness (QED) is 0.104. The molecule has 1 amide bonds. The Kier molecular flexibility index (Phi) is 15.0. The first-order valence-electron chi connectivity index (χ1n) is 21.7. The zero-order valence-electron chi connectivity index (χ0n) is 35.2. The van der Waals surface area contributed by atoms with E-state index < -0.39 is 48.3 Å². The minimum Gasteiger partial charge on any atom is -0.393 e. The van der Waals surface area contributed by atoms with Gasteiger partial charge in [-0.25, -0.2) is 0 Å². The van der Waals surface area contributed by atoms with Crippen molar-refractivity contribution >= 4 is 5.91 Å². The highest BCUT2D eigenvalue weighted by Gasteiger charge is 2.56. The largest absolute Gasteiger partial charge is 0.393 e. The molecule has 2 aliphatic heterocycles. The number of aliphatic hydroxyl groups is 1. The lowest BCUT2D eigenvalue weighted by atomic mass is 9.69. The fourth-order valence-electron chi connectivity index (χ4n) is 9.69. The molecular formula is C50H64N2O7. The Balaban J connectivity index is 1.17. The lowest BCUT2D eigenvalue weighted by Crippen LogP contribution is -2.62. The molecule has 2 heterocycles. The van der Waals surface area contributed by atoms with Gasteiger partial charge in [-0.2, -0.15) is 0 Å². The number of amides is 1. The summed E-state index contributed by atoms with van der Waals surface area (Å²) in [5, 5.41) is 15.9. The van der Waals surface area contributed by atoms with E-state index in [2.05, 4.69) is 26.1 Å². The molecule has 2 saturated heterocycles. The molecule has 1 saturated carbocycles. The molecule has 0 radical (unpaired) electrons. The highest BCUT2D eigenvalue weighted by molar-refractivity contribution is 5.85. The van der Waals surface area contributed by atoms with E-state index in [0.717, 1.165) is 41.5 Å². The van der Waals surface area contributed by atoms with Crippen LogP contribution in [0.1, 0.15) is 75.1 Å². The number of aliphatic hydroxyl groups excluding tert-OH is 1. The SMILES string of the molecule is CC(C)[C@@H]1CC[C@@H](C)C[C@@]12N[C@H](C[C@H](O)C[C@H]1O[C@H](COCc3ccccc3)[C@@H](OCc3ccccc3)[C@H](OCc3ccccc3)[C@@H]1OCc1ccccc1)C(=O)N2C. The van der Waals surface area contributed by atoms with E-state index in [1.165, 1.54) is 0 Å². The Bertz CT molecular complexity index is 1850. The molecule has 59 heavy (non-hydrogen) atoms. The van der Waals surface area contributed by atoms with Crippen LogP contribution in [0.5, 0.6) is 0 Å². The van der Waals surface area contributed by atoms with Gasteiger partial charge >= 0.3 is 0 Å². The molecule has 0 aromatic heterocycles. The van der Waals surface area contributed by atoms with E-state index in [1.54, 1.807) is 0 Å². The Labute approximate surface area is 351 Å². The Morgan fingerprint density at radius 2 is 1.17 bits per heavy atom. The van der Waals surface area contributed by atoms with Crippen LogP contribution < -0.4 is 5.32 Å². The molecule has 10 atom stereocenters. The number of carbonyl (C=O) groups is 1. The molecule has 316 valence electrons. The van der Waals surface area contributed by atoms with Crippen molar-refractivity contribution in [1.82, 2.24) is 10.2 Å². The summed E-state index contributed by atoms with van der Waals surface area (Å²) in [6, 6.07) is 39.8. The normalized spacial score (nSPS) is 29.0. The summed E-state index contributed by atoms with van der Waals surface area (Å²) in [6.07, 6.45) is -0.171. The summed E-state index contributed by atoms with van der Waals surface area (Å²) in [4.78, 5) is 16.0. The number of hydrogen-bond donors (Lipinski definition) is 2. The highest BCUT2D eigenvalue weighted by atomic mass is 16.6. The van der Waals surface area contributed by atoms with Gasteiger partial charge in [0.2, 0.25) is 5.91 Å². The third-order valence-corrected chi connectivity index (χ3v) is 12.7. The molecule has 2 N–H and O–H groups in total. The number of likely N-dealkylation sites (N-methyl/N-ethyl adjacent to an activating group) is 1. The second-order valence-electron chi connectivity index (χ2n) is 17.4. The average Bonchev–Trinajstić information content (AvgIpc) is 3.46. The molecule has 7 rings (SSSR count). The molecule has 3 fully saturated rings. The van der Waals surface area contributed by atoms with Crippen molar-refractivity contribution in [3.05, 3.63) is 144 Å². The molecule has 9 nitrogen and oxygen atoms in total. The summed E-state index contributed by atoms with van der Waals surface area (Å²) in [6.45, 7) is 8.43. The number of rotatable bonds is 18. The van der Waals surface area contributed by atoms with Gasteiger partial charge in [-0.3, -0.25) is 10.1 Å². The Morgan fingerprint density at radius 3 is 1.68 bits per heavy atom. The number of hydrogen-bond acceptors (Lipinski definition) is 8. The zero-order chi connectivity index (χ0) is 41.2. The summed E-state index contributed by atoms with van der Waals surface area (Å²) in [7, 11) is 1.94. The van der Waals surface area contributed by atoms with Gasteiger partial charge in [0.1, 0.15) is 24.4 Å². The zero-order valence-corrected chi connectivity index (χ0v) is 35.2. The van der Waals surface area contributed by atoms with Gasteiger partial charge in [0.15, 0.2) is 0 Å². The minimum absolute atomic E-state index is 0.0378. The van der Waals surface area contributed by atoms with Crippen LogP contribution in [0.15, 0.2) is 121 Å². The van der Waals surface area contributed by atoms with Gasteiger partial charge in [-0.15, -0.1) is 0 Å². The lowest BCUT2D eigenvalue weighted by molar-refractivity contribution is -0.276. The maximum atomic E-state index is 14.0.